The Hall–Kier alpha value is -3.28. The topological polar surface area (TPSA) is 141 Å². The first-order valence-corrected chi connectivity index (χ1v) is 14.5. The molecule has 0 aliphatic heterocycles. The molecule has 0 spiro atoms. The molecule has 0 saturated carbocycles. The van der Waals surface area contributed by atoms with Crippen LogP contribution in [0.2, 0.25) is 0 Å². The van der Waals surface area contributed by atoms with Gasteiger partial charge in [-0.2, -0.15) is 0 Å². The van der Waals surface area contributed by atoms with Crippen LogP contribution in [0.4, 0.5) is 4.39 Å². The Bertz CT molecular complexity index is 1480. The number of benzene rings is 2. The average molecular weight is 631 g/mol. The second kappa shape index (κ2) is 16.9. The summed E-state index contributed by atoms with van der Waals surface area (Å²) in [5.41, 5.74) is 2.64. The molecule has 9 nitrogen and oxygen atoms in total. The minimum atomic E-state index is -1.43. The Balaban J connectivity index is 0.00000705. The van der Waals surface area contributed by atoms with Crippen LogP contribution in [0.1, 0.15) is 76.1 Å². The van der Waals surface area contributed by atoms with Gasteiger partial charge in [-0.15, -0.1) is 0 Å². The fraction of sp³-hybridized carbons (Fsp3) is 0.382. The molecule has 3 N–H and O–H groups in total. The number of rotatable bonds is 13. The maximum atomic E-state index is 14.0. The maximum absolute atomic E-state index is 14.0. The molecular formula is C34H40FN2NaO7. The van der Waals surface area contributed by atoms with Crippen molar-refractivity contribution in [1.29, 1.82) is 0 Å². The molecule has 1 heterocycles. The number of aromatic nitrogens is 1. The van der Waals surface area contributed by atoms with E-state index < -0.39 is 47.9 Å². The van der Waals surface area contributed by atoms with Crippen LogP contribution >= 0.6 is 0 Å². The first-order valence-electron chi connectivity index (χ1n) is 14.5. The molecule has 3 aromatic rings. The molecule has 0 aliphatic rings. The van der Waals surface area contributed by atoms with Crippen LogP contribution in [0.5, 0.6) is 0 Å². The van der Waals surface area contributed by atoms with Crippen molar-refractivity contribution in [3.63, 3.8) is 0 Å². The van der Waals surface area contributed by atoms with Crippen molar-refractivity contribution in [3.05, 3.63) is 77.9 Å². The van der Waals surface area contributed by atoms with Crippen LogP contribution in [0.15, 0.2) is 60.7 Å². The van der Waals surface area contributed by atoms with Crippen molar-refractivity contribution in [3.8, 4) is 22.3 Å². The normalized spacial score (nSPS) is 12.9. The van der Waals surface area contributed by atoms with E-state index in [4.69, 9.17) is 4.74 Å². The Kier molecular flexibility index (Phi) is 14.2. The van der Waals surface area contributed by atoms with E-state index in [9.17, 15) is 34.1 Å². The zero-order valence-corrected chi connectivity index (χ0v) is 28.7. The van der Waals surface area contributed by atoms with E-state index in [1.165, 1.54) is 18.2 Å². The molecule has 45 heavy (non-hydrogen) atoms. The number of carboxylic acids is 1. The van der Waals surface area contributed by atoms with E-state index >= 15 is 0 Å². The molecule has 0 radical (unpaired) electrons. The molecule has 2 atom stereocenters. The van der Waals surface area contributed by atoms with Crippen molar-refractivity contribution < 1.29 is 68.4 Å². The van der Waals surface area contributed by atoms with Crippen molar-refractivity contribution in [2.75, 3.05) is 6.54 Å². The maximum Gasteiger partial charge on any atom is 1.00 e. The molecule has 0 fully saturated rings. The molecule has 1 amide bonds. The number of ether oxygens (including phenoxy) is 1. The number of aliphatic hydroxyl groups is 2. The van der Waals surface area contributed by atoms with Gasteiger partial charge in [-0.3, -0.25) is 9.59 Å². The van der Waals surface area contributed by atoms with Crippen molar-refractivity contribution >= 4 is 23.9 Å². The Morgan fingerprint density at radius 3 is 2.16 bits per heavy atom. The summed E-state index contributed by atoms with van der Waals surface area (Å²) >= 11 is 0. The van der Waals surface area contributed by atoms with Crippen molar-refractivity contribution in [1.82, 2.24) is 9.88 Å². The number of nitrogens with zero attached hydrogens (tertiary/aromatic N) is 1. The second-order valence-corrected chi connectivity index (χ2v) is 11.8. The summed E-state index contributed by atoms with van der Waals surface area (Å²) in [5.74, 6) is -2.77. The van der Waals surface area contributed by atoms with Gasteiger partial charge in [-0.25, -0.2) is 4.39 Å². The van der Waals surface area contributed by atoms with Crippen LogP contribution in [0.3, 0.4) is 0 Å². The van der Waals surface area contributed by atoms with Gasteiger partial charge < -0.3 is 34.7 Å². The number of aliphatic carboxylic acids is 1. The van der Waals surface area contributed by atoms with Gasteiger partial charge in [0.1, 0.15) is 17.1 Å². The first-order chi connectivity index (χ1) is 20.7. The third-order valence-corrected chi connectivity index (χ3v) is 6.60. The van der Waals surface area contributed by atoms with E-state index in [1.807, 2.05) is 44.2 Å². The largest absolute Gasteiger partial charge is 1.00 e. The molecule has 11 heteroatoms. The minimum absolute atomic E-state index is 0. The molecule has 2 aromatic carbocycles. The predicted octanol–water partition coefficient (Wildman–Crippen LogP) is 1.27. The number of nitrogens with one attached hydrogen (secondary N) is 1. The van der Waals surface area contributed by atoms with Crippen LogP contribution in [-0.2, 0) is 14.3 Å². The molecule has 1 aromatic heterocycles. The number of carboxylic acid groups (broad SMARTS) is 1. The Labute approximate surface area is 285 Å². The first kappa shape index (κ1) is 37.9. The number of hydrogen-bond donors (Lipinski definition) is 3. The number of carbonyl (C=O) groups excluding carboxylic acids is 3. The molecule has 3 rings (SSSR count). The van der Waals surface area contributed by atoms with E-state index in [2.05, 4.69) is 5.32 Å². The molecular weight excluding hydrogens is 590 g/mol. The van der Waals surface area contributed by atoms with E-state index in [0.29, 0.717) is 33.6 Å². The Morgan fingerprint density at radius 2 is 1.60 bits per heavy atom. The number of hydrogen-bond acceptors (Lipinski definition) is 7. The number of esters is 1. The quantitative estimate of drug-likeness (QED) is 0.191. The monoisotopic (exact) mass is 630 g/mol. The van der Waals surface area contributed by atoms with Crippen LogP contribution in [0.25, 0.3) is 28.3 Å². The van der Waals surface area contributed by atoms with Gasteiger partial charge in [0.2, 0.25) is 0 Å². The van der Waals surface area contributed by atoms with Crippen LogP contribution in [-0.4, -0.2) is 57.0 Å². The van der Waals surface area contributed by atoms with Crippen molar-refractivity contribution in [2.45, 2.75) is 77.7 Å². The van der Waals surface area contributed by atoms with Gasteiger partial charge in [0.25, 0.3) is 5.91 Å². The van der Waals surface area contributed by atoms with Gasteiger partial charge in [0.05, 0.1) is 18.6 Å². The summed E-state index contributed by atoms with van der Waals surface area (Å²) in [4.78, 5) is 37.1. The summed E-state index contributed by atoms with van der Waals surface area (Å²) in [6.07, 6.45) is -0.421. The predicted molar refractivity (Wildman–Crippen MR) is 164 cm³/mol. The fourth-order valence-electron chi connectivity index (χ4n) is 4.92. The fourth-order valence-corrected chi connectivity index (χ4v) is 4.92. The summed E-state index contributed by atoms with van der Waals surface area (Å²) in [6, 6.07) is 14.8. The summed E-state index contributed by atoms with van der Waals surface area (Å²) in [5, 5.41) is 34.3. The number of amides is 1. The molecule has 236 valence electrons. The number of aliphatic hydroxyl groups excluding tert-OH is 2. The van der Waals surface area contributed by atoms with E-state index in [1.54, 1.807) is 43.5 Å². The van der Waals surface area contributed by atoms with E-state index in [0.717, 1.165) is 0 Å². The third kappa shape index (κ3) is 10.9. The molecule has 0 saturated heterocycles. The summed E-state index contributed by atoms with van der Waals surface area (Å²) in [7, 11) is 0. The number of carbonyl (C=O) groups is 3. The minimum Gasteiger partial charge on any atom is -0.550 e. The van der Waals surface area contributed by atoms with Gasteiger partial charge in [-0.1, -0.05) is 48.5 Å². The van der Waals surface area contributed by atoms with Gasteiger partial charge in [0.15, 0.2) is 0 Å². The van der Waals surface area contributed by atoms with E-state index in [-0.39, 0.29) is 55.0 Å². The smallest absolute Gasteiger partial charge is 0.550 e. The summed E-state index contributed by atoms with van der Waals surface area (Å²) < 4.78 is 21.2. The second-order valence-electron chi connectivity index (χ2n) is 11.8. The third-order valence-electron chi connectivity index (χ3n) is 6.60. The zero-order chi connectivity index (χ0) is 32.6. The standard InChI is InChI=1S/C34H41FN2O7.Na/c1-21(2)37-27(16-15-25(38)19-26(39)20-28(40)41)30(23-11-13-24(35)14-12-23)31(22-9-7-6-8-10-22)32(37)33(43)36-18-17-29(42)44-34(3,4)5;/h6-16,21,25-26,38-39H,17-20H2,1-5H3,(H,36,43)(H,40,41);/q;+1/p-1/b16-15+;/t25-,26-;/m1./s1. The SMILES string of the molecule is CC(C)n1c(/C=C/[C@@H](O)C[C@@H](O)CC(=O)[O-])c(-c2ccc(F)cc2)c(-c2ccccc2)c1C(=O)NCCC(=O)OC(C)(C)C.[Na+]. The van der Waals surface area contributed by atoms with Crippen molar-refractivity contribution in [2.24, 2.45) is 0 Å². The number of halogens is 1. The molecule has 0 aliphatic carbocycles. The van der Waals surface area contributed by atoms with Gasteiger partial charge in [0, 0.05) is 48.2 Å². The molecule has 0 bridgehead atoms. The molecule has 0 unspecified atom stereocenters. The van der Waals surface area contributed by atoms with Gasteiger partial charge >= 0.3 is 35.5 Å². The van der Waals surface area contributed by atoms with Gasteiger partial charge in [-0.05, 0) is 64.0 Å². The average Bonchev–Trinajstić information content (AvgIpc) is 3.27. The zero-order valence-electron chi connectivity index (χ0n) is 26.7. The summed E-state index contributed by atoms with van der Waals surface area (Å²) in [6.45, 7) is 9.09. The van der Waals surface area contributed by atoms with Crippen LogP contribution < -0.4 is 40.0 Å². The van der Waals surface area contributed by atoms with Crippen LogP contribution in [0, 0.1) is 5.82 Å². The Morgan fingerprint density at radius 1 is 1.00 bits per heavy atom.